The summed E-state index contributed by atoms with van der Waals surface area (Å²) in [4.78, 5) is 10.9. The van der Waals surface area contributed by atoms with Crippen LogP contribution in [0.15, 0.2) is 11.1 Å². The molecule has 0 amide bonds. The maximum atomic E-state index is 14.5. The molecule has 2 atom stereocenters. The van der Waals surface area contributed by atoms with Crippen LogP contribution in [0.3, 0.4) is 0 Å². The smallest absolute Gasteiger partial charge is 0.457 e. The van der Waals surface area contributed by atoms with Gasteiger partial charge >= 0.3 is 83.2 Å². The number of halogens is 27. The van der Waals surface area contributed by atoms with Crippen LogP contribution in [0.25, 0.3) is 0 Å². The van der Waals surface area contributed by atoms with Crippen LogP contribution >= 0.6 is 0 Å². The highest BCUT2D eigenvalue weighted by Crippen LogP contribution is 2.69. The average molecular weight is 812 g/mol. The van der Waals surface area contributed by atoms with Gasteiger partial charge in [0.05, 0.1) is 6.10 Å². The second kappa shape index (κ2) is 12.2. The summed E-state index contributed by atoms with van der Waals surface area (Å²) in [5.74, 6) is -96.7. The second-order valence-corrected chi connectivity index (χ2v) is 9.86. The van der Waals surface area contributed by atoms with Crippen molar-refractivity contribution in [2.45, 2.75) is 104 Å². The molecule has 3 nitrogen and oxygen atoms in total. The minimum absolute atomic E-state index is 0.207. The third-order valence-electron chi connectivity index (χ3n) is 6.42. The van der Waals surface area contributed by atoms with E-state index in [0.29, 0.717) is 0 Å². The molecule has 0 radical (unpaired) electrons. The predicted octanol–water partition coefficient (Wildman–Crippen LogP) is 9.34. The molecule has 0 aliphatic heterocycles. The number of carboxylic acids is 1. The normalized spacial score (nSPS) is 18.4. The zero-order chi connectivity index (χ0) is 41.5. The summed E-state index contributed by atoms with van der Waals surface area (Å²) in [6, 6.07) is 0. The van der Waals surface area contributed by atoms with Crippen molar-refractivity contribution < 1.29 is 134 Å². The van der Waals surface area contributed by atoms with E-state index >= 15 is 0 Å². The van der Waals surface area contributed by atoms with E-state index in [0.717, 1.165) is 0 Å². The van der Waals surface area contributed by atoms with Gasteiger partial charge in [0.2, 0.25) is 0 Å². The zero-order valence-electron chi connectivity index (χ0n) is 22.8. The molecule has 2 N–H and O–H groups in total. The van der Waals surface area contributed by atoms with E-state index in [2.05, 4.69) is 0 Å². The van der Waals surface area contributed by atoms with Crippen LogP contribution in [-0.2, 0) is 4.79 Å². The van der Waals surface area contributed by atoms with Crippen molar-refractivity contribution in [2.75, 3.05) is 0 Å². The third kappa shape index (κ3) is 5.84. The third-order valence-corrected chi connectivity index (χ3v) is 6.42. The van der Waals surface area contributed by atoms with Gasteiger partial charge in [0.25, 0.3) is 0 Å². The highest BCUT2D eigenvalue weighted by molar-refractivity contribution is 5.87. The summed E-state index contributed by atoms with van der Waals surface area (Å²) in [6.45, 7) is -0.0850. The lowest BCUT2D eigenvalue weighted by Crippen LogP contribution is -2.81. The molecule has 0 rings (SSSR count). The standard InChI is InChI=1S/C20H11F27O3/c1-4(48)3-6(5(2)7(49)50)8(21,22)10(24,25)13(30,31)15(34,35)17(38,39)18(40,41)16(36,37)14(32,33)11(26,27)9(23,19(42,43)44)12(28,29)20(45,46)47/h4,48H,3H2,1-2H3,(H,49,50). The molecule has 0 aromatic rings. The lowest BCUT2D eigenvalue weighted by molar-refractivity contribution is -0.488. The summed E-state index contributed by atoms with van der Waals surface area (Å²) in [5, 5.41) is 17.7. The first-order valence-corrected chi connectivity index (χ1v) is 11.4. The first-order chi connectivity index (χ1) is 21.2. The molecule has 0 aliphatic rings. The number of carboxylic acid groups (broad SMARTS) is 1. The molecule has 0 spiro atoms. The van der Waals surface area contributed by atoms with Crippen molar-refractivity contribution in [3.05, 3.63) is 11.1 Å². The Bertz CT molecular complexity index is 1300. The van der Waals surface area contributed by atoms with E-state index in [-0.39, 0.29) is 13.8 Å². The summed E-state index contributed by atoms with van der Waals surface area (Å²) in [7, 11) is 0. The van der Waals surface area contributed by atoms with Gasteiger partial charge in [-0.2, -0.15) is 114 Å². The number of aliphatic carboxylic acids is 1. The molecule has 0 aliphatic carbocycles. The van der Waals surface area contributed by atoms with Crippen LogP contribution in [0, 0.1) is 0 Å². The van der Waals surface area contributed by atoms with E-state index in [1.807, 2.05) is 0 Å². The van der Waals surface area contributed by atoms with Gasteiger partial charge in [-0.15, -0.1) is 0 Å². The van der Waals surface area contributed by atoms with Crippen molar-refractivity contribution in [3.63, 3.8) is 0 Å². The van der Waals surface area contributed by atoms with Gasteiger partial charge < -0.3 is 10.2 Å². The van der Waals surface area contributed by atoms with Crippen LogP contribution in [0.5, 0.6) is 0 Å². The fourth-order valence-electron chi connectivity index (χ4n) is 3.48. The van der Waals surface area contributed by atoms with Gasteiger partial charge in [-0.25, -0.2) is 9.18 Å². The second-order valence-electron chi connectivity index (χ2n) is 9.86. The quantitative estimate of drug-likeness (QED) is 0.136. The number of rotatable bonds is 14. The highest BCUT2D eigenvalue weighted by atomic mass is 19.4. The molecule has 2 unspecified atom stereocenters. The Morgan fingerprint density at radius 2 is 0.720 bits per heavy atom. The minimum Gasteiger partial charge on any atom is -0.478 e. The molecule has 0 saturated carbocycles. The molecule has 0 aromatic carbocycles. The van der Waals surface area contributed by atoms with Crippen molar-refractivity contribution in [2.24, 2.45) is 0 Å². The molecule has 0 fully saturated rings. The maximum Gasteiger partial charge on any atom is 0.457 e. The van der Waals surface area contributed by atoms with Crippen LogP contribution in [0.2, 0.25) is 0 Å². The average Bonchev–Trinajstić information content (AvgIpc) is 2.87. The Hall–Kier alpha value is -2.72. The molecular weight excluding hydrogens is 801 g/mol. The van der Waals surface area contributed by atoms with Crippen LogP contribution in [0.1, 0.15) is 20.3 Å². The summed E-state index contributed by atoms with van der Waals surface area (Å²) >= 11 is 0. The maximum absolute atomic E-state index is 14.5. The molecule has 50 heavy (non-hydrogen) atoms. The van der Waals surface area contributed by atoms with Gasteiger partial charge in [0.15, 0.2) is 0 Å². The van der Waals surface area contributed by atoms with Crippen LogP contribution < -0.4 is 0 Å². The van der Waals surface area contributed by atoms with Gasteiger partial charge in [0.1, 0.15) is 0 Å². The van der Waals surface area contributed by atoms with Crippen molar-refractivity contribution in [1.29, 1.82) is 0 Å². The summed E-state index contributed by atoms with van der Waals surface area (Å²) < 4.78 is 369. The number of hydrogen-bond donors (Lipinski definition) is 2. The van der Waals surface area contributed by atoms with E-state index in [1.54, 1.807) is 0 Å². The van der Waals surface area contributed by atoms with Gasteiger partial charge in [-0.05, 0) is 13.8 Å². The Morgan fingerprint density at radius 3 is 0.940 bits per heavy atom. The van der Waals surface area contributed by atoms with Crippen molar-refractivity contribution in [3.8, 4) is 0 Å². The number of aliphatic hydroxyl groups excluding tert-OH is 1. The van der Waals surface area contributed by atoms with Crippen molar-refractivity contribution >= 4 is 5.97 Å². The first kappa shape index (κ1) is 47.3. The zero-order valence-corrected chi connectivity index (χ0v) is 22.8. The van der Waals surface area contributed by atoms with Crippen LogP contribution in [-0.4, -0.2) is 99.5 Å². The monoisotopic (exact) mass is 812 g/mol. The van der Waals surface area contributed by atoms with E-state index in [1.165, 1.54) is 0 Å². The first-order valence-electron chi connectivity index (χ1n) is 11.4. The fourth-order valence-corrected chi connectivity index (χ4v) is 3.48. The largest absolute Gasteiger partial charge is 0.478 e. The number of alkyl halides is 27. The van der Waals surface area contributed by atoms with E-state index in [4.69, 9.17) is 10.2 Å². The van der Waals surface area contributed by atoms with E-state index in [9.17, 15) is 123 Å². The number of carbonyl (C=O) groups is 1. The topological polar surface area (TPSA) is 57.5 Å². The Kier molecular flexibility index (Phi) is 11.5. The fraction of sp³-hybridized carbons (Fsp3) is 0.850. The molecule has 298 valence electrons. The predicted molar refractivity (Wildman–Crippen MR) is 102 cm³/mol. The summed E-state index contributed by atoms with van der Waals surface area (Å²) in [6.07, 6.45) is -22.7. The molecule has 0 bridgehead atoms. The summed E-state index contributed by atoms with van der Waals surface area (Å²) in [5.41, 5.74) is -15.3. The molecule has 0 heterocycles. The molecule has 30 heteroatoms. The highest BCUT2D eigenvalue weighted by Gasteiger charge is 3.01. The van der Waals surface area contributed by atoms with Gasteiger partial charge in [0, 0.05) is 17.6 Å². The number of hydrogen-bond acceptors (Lipinski definition) is 2. The Morgan fingerprint density at radius 1 is 0.460 bits per heavy atom. The Labute approximate surface area is 255 Å². The SMILES string of the molecule is CC(C(=O)O)=C(CC(C)O)C(F)(F)C(F)(F)C(F)(F)C(F)(F)C(F)(F)C(F)(F)C(F)(F)C(F)(F)C(F)(F)C(F)(C(F)(F)F)C(F)(F)C(F)(F)F. The van der Waals surface area contributed by atoms with E-state index < -0.39 is 107 Å². The Balaban J connectivity index is 7.92. The molecule has 0 aromatic heterocycles. The molecule has 0 saturated heterocycles. The molecular formula is C20H11F27O3. The lowest BCUT2D eigenvalue weighted by Gasteiger charge is -2.47. The lowest BCUT2D eigenvalue weighted by atomic mass is 9.79. The minimum atomic E-state index is -10.0. The number of aliphatic hydroxyl groups is 1. The van der Waals surface area contributed by atoms with Crippen molar-refractivity contribution in [1.82, 2.24) is 0 Å². The van der Waals surface area contributed by atoms with Gasteiger partial charge in [-0.3, -0.25) is 0 Å². The van der Waals surface area contributed by atoms with Crippen LogP contribution in [0.4, 0.5) is 119 Å². The van der Waals surface area contributed by atoms with Gasteiger partial charge in [-0.1, -0.05) is 0 Å².